The van der Waals surface area contributed by atoms with Gasteiger partial charge in [0.05, 0.1) is 6.61 Å². The smallest absolute Gasteiger partial charge is 0.0589 e. The third-order valence-electron chi connectivity index (χ3n) is 3.91. The third-order valence-corrected chi connectivity index (χ3v) is 3.91. The van der Waals surface area contributed by atoms with Gasteiger partial charge in [0, 0.05) is 32.3 Å². The first-order valence-electron chi connectivity index (χ1n) is 7.24. The number of nitrogens with zero attached hydrogens (tertiary/aromatic N) is 1. The van der Waals surface area contributed by atoms with Crippen molar-refractivity contribution in [1.29, 1.82) is 0 Å². The fraction of sp³-hybridized carbons (Fsp3) is 1.00. The topological polar surface area (TPSA) is 24.5 Å². The second-order valence-corrected chi connectivity index (χ2v) is 5.25. The van der Waals surface area contributed by atoms with Gasteiger partial charge < -0.3 is 10.1 Å². The van der Waals surface area contributed by atoms with Crippen molar-refractivity contribution in [1.82, 2.24) is 10.2 Å². The molecule has 0 aromatic heterocycles. The molecule has 3 nitrogen and oxygen atoms in total. The molecule has 0 saturated carbocycles. The van der Waals surface area contributed by atoms with Crippen molar-refractivity contribution in [3.05, 3.63) is 0 Å². The van der Waals surface area contributed by atoms with Crippen molar-refractivity contribution in [2.24, 2.45) is 0 Å². The Kier molecular flexibility index (Phi) is 7.82. The SMILES string of the molecule is CCC(C)N(CCOC)CC1CCCCCN1. The van der Waals surface area contributed by atoms with Crippen molar-refractivity contribution >= 4 is 0 Å². The summed E-state index contributed by atoms with van der Waals surface area (Å²) in [5.74, 6) is 0. The Bertz CT molecular complexity index is 179. The van der Waals surface area contributed by atoms with E-state index >= 15 is 0 Å². The summed E-state index contributed by atoms with van der Waals surface area (Å²) in [6.45, 7) is 8.87. The minimum Gasteiger partial charge on any atom is -0.383 e. The predicted molar refractivity (Wildman–Crippen MR) is 73.5 cm³/mol. The van der Waals surface area contributed by atoms with Gasteiger partial charge in [0.2, 0.25) is 0 Å². The van der Waals surface area contributed by atoms with Gasteiger partial charge in [0.1, 0.15) is 0 Å². The van der Waals surface area contributed by atoms with Crippen LogP contribution in [0, 0.1) is 0 Å². The van der Waals surface area contributed by atoms with Gasteiger partial charge in [-0.2, -0.15) is 0 Å². The lowest BCUT2D eigenvalue weighted by Crippen LogP contribution is -2.45. The number of ether oxygens (including phenoxy) is 1. The molecule has 0 spiro atoms. The van der Waals surface area contributed by atoms with Crippen LogP contribution in [0.4, 0.5) is 0 Å². The van der Waals surface area contributed by atoms with Gasteiger partial charge in [0.25, 0.3) is 0 Å². The molecular weight excluding hydrogens is 212 g/mol. The molecule has 1 N–H and O–H groups in total. The highest BCUT2D eigenvalue weighted by Crippen LogP contribution is 2.12. The van der Waals surface area contributed by atoms with Crippen LogP contribution in [0.3, 0.4) is 0 Å². The first-order chi connectivity index (χ1) is 8.27. The summed E-state index contributed by atoms with van der Waals surface area (Å²) < 4.78 is 5.22. The molecular formula is C14H30N2O. The molecule has 1 rings (SSSR count). The van der Waals surface area contributed by atoms with E-state index in [1.165, 1.54) is 45.2 Å². The molecule has 0 aromatic carbocycles. The van der Waals surface area contributed by atoms with E-state index in [0.29, 0.717) is 12.1 Å². The second kappa shape index (κ2) is 8.90. The van der Waals surface area contributed by atoms with Crippen LogP contribution < -0.4 is 5.32 Å². The van der Waals surface area contributed by atoms with Crippen LogP contribution in [0.2, 0.25) is 0 Å². The summed E-state index contributed by atoms with van der Waals surface area (Å²) in [4.78, 5) is 2.58. The Morgan fingerprint density at radius 2 is 2.18 bits per heavy atom. The fourth-order valence-corrected chi connectivity index (χ4v) is 2.50. The van der Waals surface area contributed by atoms with E-state index in [1.807, 2.05) is 0 Å². The van der Waals surface area contributed by atoms with E-state index in [2.05, 4.69) is 24.1 Å². The van der Waals surface area contributed by atoms with Crippen LogP contribution in [0.1, 0.15) is 46.0 Å². The molecule has 2 unspecified atom stereocenters. The van der Waals surface area contributed by atoms with Crippen LogP contribution in [-0.2, 0) is 4.74 Å². The zero-order valence-electron chi connectivity index (χ0n) is 11.9. The number of rotatable bonds is 7. The molecule has 1 fully saturated rings. The minimum atomic E-state index is 0.662. The van der Waals surface area contributed by atoms with Crippen LogP contribution in [-0.4, -0.2) is 50.3 Å². The Labute approximate surface area is 107 Å². The number of nitrogens with one attached hydrogen (secondary N) is 1. The van der Waals surface area contributed by atoms with Gasteiger partial charge in [-0.25, -0.2) is 0 Å². The highest BCUT2D eigenvalue weighted by molar-refractivity contribution is 4.77. The maximum atomic E-state index is 5.22. The van der Waals surface area contributed by atoms with Crippen molar-refractivity contribution in [2.45, 2.75) is 58.0 Å². The van der Waals surface area contributed by atoms with E-state index in [-0.39, 0.29) is 0 Å². The standard InChI is InChI=1S/C14H30N2O/c1-4-13(2)16(10-11-17-3)12-14-8-6-5-7-9-15-14/h13-15H,4-12H2,1-3H3. The van der Waals surface area contributed by atoms with Gasteiger partial charge in [-0.15, -0.1) is 0 Å². The van der Waals surface area contributed by atoms with Crippen molar-refractivity contribution in [2.75, 3.05) is 33.4 Å². The lowest BCUT2D eigenvalue weighted by atomic mass is 10.1. The van der Waals surface area contributed by atoms with Crippen LogP contribution in [0.25, 0.3) is 0 Å². The third kappa shape index (κ3) is 5.84. The Morgan fingerprint density at radius 1 is 1.35 bits per heavy atom. The summed E-state index contributed by atoms with van der Waals surface area (Å²) in [6, 6.07) is 1.35. The molecule has 0 radical (unpaired) electrons. The van der Waals surface area contributed by atoms with E-state index in [0.717, 1.165) is 13.2 Å². The Hall–Kier alpha value is -0.120. The summed E-state index contributed by atoms with van der Waals surface area (Å²) in [6.07, 6.45) is 6.68. The molecule has 0 bridgehead atoms. The molecule has 1 aliphatic rings. The molecule has 3 heteroatoms. The molecule has 0 amide bonds. The Balaban J connectivity index is 2.39. The molecule has 1 saturated heterocycles. The predicted octanol–water partition coefficient (Wildman–Crippen LogP) is 2.27. The number of methoxy groups -OCH3 is 1. The van der Waals surface area contributed by atoms with Gasteiger partial charge >= 0.3 is 0 Å². The molecule has 2 atom stereocenters. The quantitative estimate of drug-likeness (QED) is 0.741. The largest absolute Gasteiger partial charge is 0.383 e. The summed E-state index contributed by atoms with van der Waals surface area (Å²) in [5.41, 5.74) is 0. The monoisotopic (exact) mass is 242 g/mol. The molecule has 17 heavy (non-hydrogen) atoms. The summed E-state index contributed by atoms with van der Waals surface area (Å²) in [7, 11) is 1.79. The Morgan fingerprint density at radius 3 is 2.88 bits per heavy atom. The molecule has 0 aromatic rings. The number of hydrogen-bond donors (Lipinski definition) is 1. The van der Waals surface area contributed by atoms with E-state index in [9.17, 15) is 0 Å². The van der Waals surface area contributed by atoms with Gasteiger partial charge in [-0.3, -0.25) is 4.90 Å². The average Bonchev–Trinajstić information content (AvgIpc) is 2.62. The first-order valence-corrected chi connectivity index (χ1v) is 7.24. The normalized spacial score (nSPS) is 23.6. The molecule has 102 valence electrons. The highest BCUT2D eigenvalue weighted by Gasteiger charge is 2.18. The van der Waals surface area contributed by atoms with Gasteiger partial charge in [0.15, 0.2) is 0 Å². The van der Waals surface area contributed by atoms with Crippen LogP contribution in [0.15, 0.2) is 0 Å². The fourth-order valence-electron chi connectivity index (χ4n) is 2.50. The first kappa shape index (κ1) is 14.9. The number of hydrogen-bond acceptors (Lipinski definition) is 3. The summed E-state index contributed by atoms with van der Waals surface area (Å²) in [5, 5.41) is 3.68. The maximum Gasteiger partial charge on any atom is 0.0589 e. The highest BCUT2D eigenvalue weighted by atomic mass is 16.5. The molecule has 0 aliphatic carbocycles. The lowest BCUT2D eigenvalue weighted by Gasteiger charge is -2.32. The second-order valence-electron chi connectivity index (χ2n) is 5.25. The van der Waals surface area contributed by atoms with Gasteiger partial charge in [-0.1, -0.05) is 19.8 Å². The van der Waals surface area contributed by atoms with Gasteiger partial charge in [-0.05, 0) is 32.7 Å². The minimum absolute atomic E-state index is 0.662. The molecule has 1 heterocycles. The van der Waals surface area contributed by atoms with E-state index < -0.39 is 0 Å². The van der Waals surface area contributed by atoms with E-state index in [4.69, 9.17) is 4.74 Å². The van der Waals surface area contributed by atoms with Crippen LogP contribution in [0.5, 0.6) is 0 Å². The van der Waals surface area contributed by atoms with E-state index in [1.54, 1.807) is 7.11 Å². The van der Waals surface area contributed by atoms with Crippen molar-refractivity contribution < 1.29 is 4.74 Å². The van der Waals surface area contributed by atoms with Crippen LogP contribution >= 0.6 is 0 Å². The zero-order valence-corrected chi connectivity index (χ0v) is 11.9. The van der Waals surface area contributed by atoms with Crippen molar-refractivity contribution in [3.8, 4) is 0 Å². The summed E-state index contributed by atoms with van der Waals surface area (Å²) >= 11 is 0. The average molecular weight is 242 g/mol. The lowest BCUT2D eigenvalue weighted by molar-refractivity contribution is 0.114. The maximum absolute atomic E-state index is 5.22. The zero-order chi connectivity index (χ0) is 12.5. The molecule has 1 aliphatic heterocycles. The van der Waals surface area contributed by atoms with Crippen molar-refractivity contribution in [3.63, 3.8) is 0 Å².